The fourth-order valence-corrected chi connectivity index (χ4v) is 2.71. The largest absolute Gasteiger partial charge is 0.495 e. The zero-order chi connectivity index (χ0) is 18.1. The molecule has 2 heterocycles. The summed E-state index contributed by atoms with van der Waals surface area (Å²) in [6.45, 7) is 3.77. The molecule has 0 unspecified atom stereocenters. The van der Waals surface area contributed by atoms with Gasteiger partial charge in [-0.15, -0.1) is 0 Å². The maximum atomic E-state index is 12.8. The summed E-state index contributed by atoms with van der Waals surface area (Å²) in [6.07, 6.45) is -0.00320. The summed E-state index contributed by atoms with van der Waals surface area (Å²) in [5.41, 5.74) is 4.42. The summed E-state index contributed by atoms with van der Waals surface area (Å²) in [5.74, 6) is 0.753. The molecule has 25 heavy (non-hydrogen) atoms. The Morgan fingerprint density at radius 2 is 2.20 bits per heavy atom. The molecule has 0 radical (unpaired) electrons. The maximum absolute atomic E-state index is 12.8. The number of carbonyl (C=O) groups excluding carboxylic acids is 2. The average Bonchev–Trinajstić information content (AvgIpc) is 2.98. The Morgan fingerprint density at radius 3 is 2.88 bits per heavy atom. The van der Waals surface area contributed by atoms with Crippen molar-refractivity contribution in [2.45, 2.75) is 26.3 Å². The first-order valence-corrected chi connectivity index (χ1v) is 8.03. The van der Waals surface area contributed by atoms with E-state index in [9.17, 15) is 9.59 Å². The van der Waals surface area contributed by atoms with Crippen LogP contribution in [-0.2, 0) is 9.59 Å². The zero-order valence-corrected chi connectivity index (χ0v) is 14.8. The van der Waals surface area contributed by atoms with Crippen molar-refractivity contribution < 1.29 is 14.3 Å². The third-order valence-electron chi connectivity index (χ3n) is 3.81. The molecule has 1 saturated heterocycles. The molecule has 2 aliphatic rings. The van der Waals surface area contributed by atoms with Gasteiger partial charge in [-0.3, -0.25) is 20.3 Å². The van der Waals surface area contributed by atoms with Gasteiger partial charge in [0.1, 0.15) is 17.6 Å². The summed E-state index contributed by atoms with van der Waals surface area (Å²) in [6, 6.07) is 4.16. The first kappa shape index (κ1) is 17.1. The molecular formula is C16H18ClN5O3. The number of hydrazine groups is 1. The molecule has 2 amide bonds. The van der Waals surface area contributed by atoms with Crippen molar-refractivity contribution in [1.29, 1.82) is 0 Å². The van der Waals surface area contributed by atoms with Crippen LogP contribution in [0.3, 0.4) is 0 Å². The lowest BCUT2D eigenvalue weighted by Crippen LogP contribution is -2.61. The maximum Gasteiger partial charge on any atom is 0.249 e. The van der Waals surface area contributed by atoms with Crippen molar-refractivity contribution in [3.8, 4) is 5.75 Å². The monoisotopic (exact) mass is 363 g/mol. The molecule has 132 valence electrons. The number of anilines is 1. The molecule has 1 fully saturated rings. The number of ether oxygens (including phenoxy) is 1. The van der Waals surface area contributed by atoms with Gasteiger partial charge in [-0.2, -0.15) is 4.99 Å². The number of carbonyl (C=O) groups is 2. The topological polar surface area (TPSA) is 95.1 Å². The lowest BCUT2D eigenvalue weighted by Gasteiger charge is -2.32. The Morgan fingerprint density at radius 1 is 1.44 bits per heavy atom. The molecule has 1 aromatic rings. The van der Waals surface area contributed by atoms with Crippen molar-refractivity contribution in [1.82, 2.24) is 15.8 Å². The number of halogens is 1. The number of nitrogens with one attached hydrogen (secondary N) is 3. The average molecular weight is 364 g/mol. The molecule has 0 saturated carbocycles. The van der Waals surface area contributed by atoms with E-state index in [4.69, 9.17) is 16.3 Å². The smallest absolute Gasteiger partial charge is 0.249 e. The van der Waals surface area contributed by atoms with Gasteiger partial charge in [-0.1, -0.05) is 11.6 Å². The molecule has 0 bridgehead atoms. The van der Waals surface area contributed by atoms with E-state index in [1.807, 2.05) is 13.8 Å². The molecule has 3 rings (SSSR count). The van der Waals surface area contributed by atoms with Crippen LogP contribution < -0.4 is 20.8 Å². The highest BCUT2D eigenvalue weighted by atomic mass is 35.5. The van der Waals surface area contributed by atoms with Gasteiger partial charge in [-0.25, -0.2) is 5.01 Å². The first-order valence-electron chi connectivity index (χ1n) is 7.65. The number of benzene rings is 1. The molecule has 0 aromatic heterocycles. The quantitative estimate of drug-likeness (QED) is 0.758. The molecular weight excluding hydrogens is 346 g/mol. The van der Waals surface area contributed by atoms with E-state index in [0.717, 1.165) is 5.57 Å². The number of methoxy groups -OCH3 is 1. The Kier molecular flexibility index (Phi) is 4.54. The van der Waals surface area contributed by atoms with Crippen LogP contribution in [-0.4, -0.2) is 35.9 Å². The number of hydrogen-bond acceptors (Lipinski definition) is 6. The number of amides is 2. The first-order chi connectivity index (χ1) is 11.9. The van der Waals surface area contributed by atoms with Crippen LogP contribution in [0, 0.1) is 0 Å². The van der Waals surface area contributed by atoms with E-state index in [-0.39, 0.29) is 18.2 Å². The fourth-order valence-electron chi connectivity index (χ4n) is 2.54. The Bertz CT molecular complexity index is 801. The normalized spacial score (nSPS) is 18.8. The van der Waals surface area contributed by atoms with E-state index in [0.29, 0.717) is 28.2 Å². The second kappa shape index (κ2) is 6.64. The molecule has 0 aliphatic carbocycles. The van der Waals surface area contributed by atoms with Gasteiger partial charge < -0.3 is 10.1 Å². The molecule has 8 nitrogen and oxygen atoms in total. The molecule has 9 heteroatoms. The van der Waals surface area contributed by atoms with Crippen LogP contribution >= 0.6 is 11.6 Å². The summed E-state index contributed by atoms with van der Waals surface area (Å²) >= 11 is 5.99. The van der Waals surface area contributed by atoms with Crippen molar-refractivity contribution in [3.05, 3.63) is 34.6 Å². The zero-order valence-electron chi connectivity index (χ0n) is 14.0. The minimum atomic E-state index is -0.756. The van der Waals surface area contributed by atoms with E-state index >= 15 is 0 Å². The highest BCUT2D eigenvalue weighted by Gasteiger charge is 2.39. The van der Waals surface area contributed by atoms with Crippen LogP contribution in [0.4, 0.5) is 5.69 Å². The molecule has 1 aromatic carbocycles. The number of hydrogen-bond donors (Lipinski definition) is 3. The van der Waals surface area contributed by atoms with Crippen molar-refractivity contribution in [3.63, 3.8) is 0 Å². The number of allylic oxidation sites excluding steroid dienone is 1. The lowest BCUT2D eigenvalue weighted by molar-refractivity contribution is -0.129. The Labute approximate surface area is 149 Å². The second-order valence-electron chi connectivity index (χ2n) is 5.87. The van der Waals surface area contributed by atoms with Crippen LogP contribution in [0.2, 0.25) is 5.02 Å². The van der Waals surface area contributed by atoms with E-state index in [1.54, 1.807) is 23.2 Å². The fraction of sp³-hybridized carbons (Fsp3) is 0.312. The van der Waals surface area contributed by atoms with Gasteiger partial charge in [0.15, 0.2) is 0 Å². The molecule has 1 atom stereocenters. The third-order valence-corrected chi connectivity index (χ3v) is 4.04. The van der Waals surface area contributed by atoms with Gasteiger partial charge in [0.2, 0.25) is 17.8 Å². The standard InChI is InChI=1S/C16H18ClN5O3/c1-8(2)14-20-16-19-13(23)7-11(22(16)21-14)15(24)18-10-6-9(17)4-5-12(10)25-3/h4-6,11,21H,7H2,1-3H3,(H,18,24)(H,19,20,23)/t11-/m0/s1. The van der Waals surface area contributed by atoms with Gasteiger partial charge in [-0.05, 0) is 37.6 Å². The van der Waals surface area contributed by atoms with Gasteiger partial charge in [0, 0.05) is 5.02 Å². The van der Waals surface area contributed by atoms with Crippen LogP contribution in [0.15, 0.2) is 34.6 Å². The Hall–Kier alpha value is -2.74. The second-order valence-corrected chi connectivity index (χ2v) is 6.30. The van der Waals surface area contributed by atoms with Crippen LogP contribution in [0.5, 0.6) is 5.75 Å². The lowest BCUT2D eigenvalue weighted by atomic mass is 10.1. The summed E-state index contributed by atoms with van der Waals surface area (Å²) < 4.78 is 5.23. The SMILES string of the molecule is COc1ccc(Cl)cc1NC(=O)[C@@H]1CC(=O)NC2=NC(=C(C)C)NN21. The predicted octanol–water partition coefficient (Wildman–Crippen LogP) is 1.60. The summed E-state index contributed by atoms with van der Waals surface area (Å²) in [7, 11) is 1.50. The van der Waals surface area contributed by atoms with Crippen molar-refractivity contribution in [2.75, 3.05) is 12.4 Å². The minimum Gasteiger partial charge on any atom is -0.495 e. The van der Waals surface area contributed by atoms with Gasteiger partial charge in [0.05, 0.1) is 19.2 Å². The van der Waals surface area contributed by atoms with Crippen molar-refractivity contribution in [2.24, 2.45) is 4.99 Å². The molecule has 3 N–H and O–H groups in total. The summed E-state index contributed by atoms with van der Waals surface area (Å²) in [4.78, 5) is 29.0. The number of nitrogens with zero attached hydrogens (tertiary/aromatic N) is 2. The third kappa shape index (κ3) is 3.39. The number of fused-ring (bicyclic) bond motifs is 1. The van der Waals surface area contributed by atoms with E-state index < -0.39 is 6.04 Å². The number of guanidine groups is 1. The molecule has 0 spiro atoms. The van der Waals surface area contributed by atoms with Crippen LogP contribution in [0.25, 0.3) is 0 Å². The highest BCUT2D eigenvalue weighted by molar-refractivity contribution is 6.31. The van der Waals surface area contributed by atoms with E-state index in [2.05, 4.69) is 21.1 Å². The summed E-state index contributed by atoms with van der Waals surface area (Å²) in [5, 5.41) is 7.44. The number of rotatable bonds is 3. The molecule has 2 aliphatic heterocycles. The number of aliphatic imine (C=N–C) groups is 1. The predicted molar refractivity (Wildman–Crippen MR) is 94.0 cm³/mol. The minimum absolute atomic E-state index is 0.00320. The van der Waals surface area contributed by atoms with Crippen molar-refractivity contribution >= 4 is 35.1 Å². The van der Waals surface area contributed by atoms with Gasteiger partial charge in [0.25, 0.3) is 0 Å². The highest BCUT2D eigenvalue weighted by Crippen LogP contribution is 2.28. The van der Waals surface area contributed by atoms with E-state index in [1.165, 1.54) is 7.11 Å². The van der Waals surface area contributed by atoms with Gasteiger partial charge >= 0.3 is 0 Å². The Balaban J connectivity index is 1.85. The van der Waals surface area contributed by atoms with Crippen LogP contribution in [0.1, 0.15) is 20.3 Å².